The first-order chi connectivity index (χ1) is 16.7. The van der Waals surface area contributed by atoms with Crippen LogP contribution in [0.4, 0.5) is 0 Å². The Labute approximate surface area is 211 Å². The Morgan fingerprint density at radius 3 is 2.08 bits per heavy atom. The SMILES string of the molecule is CC(C)CC(N)C(=O)NCC(=O)NC(C(=O)NC(C)C(=O)NCC(=O)N1CCCC1C(=O)O)C(C)C. The fourth-order valence-corrected chi connectivity index (χ4v) is 3.78. The summed E-state index contributed by atoms with van der Waals surface area (Å²) in [7, 11) is 0. The predicted molar refractivity (Wildman–Crippen MR) is 130 cm³/mol. The van der Waals surface area contributed by atoms with E-state index in [9.17, 15) is 33.9 Å². The molecule has 0 radical (unpaired) electrons. The molecule has 13 nitrogen and oxygen atoms in total. The highest BCUT2D eigenvalue weighted by molar-refractivity contribution is 5.94. The van der Waals surface area contributed by atoms with Crippen LogP contribution in [0, 0.1) is 11.8 Å². The molecule has 0 aromatic heterocycles. The molecule has 5 amide bonds. The second kappa shape index (κ2) is 14.4. The topological polar surface area (TPSA) is 200 Å². The maximum absolute atomic E-state index is 12.7. The van der Waals surface area contributed by atoms with Crippen molar-refractivity contribution in [3.8, 4) is 0 Å². The van der Waals surface area contributed by atoms with E-state index >= 15 is 0 Å². The fourth-order valence-electron chi connectivity index (χ4n) is 3.78. The minimum Gasteiger partial charge on any atom is -0.480 e. The van der Waals surface area contributed by atoms with Gasteiger partial charge in [0.2, 0.25) is 29.5 Å². The number of nitrogens with zero attached hydrogens (tertiary/aromatic N) is 1. The van der Waals surface area contributed by atoms with Crippen molar-refractivity contribution in [2.75, 3.05) is 19.6 Å². The molecule has 0 bridgehead atoms. The monoisotopic (exact) mass is 512 g/mol. The number of aliphatic carboxylic acids is 1. The Kier molecular flexibility index (Phi) is 12.3. The van der Waals surface area contributed by atoms with Crippen LogP contribution >= 0.6 is 0 Å². The van der Waals surface area contributed by atoms with E-state index < -0.39 is 66.2 Å². The number of carboxylic acids is 1. The van der Waals surface area contributed by atoms with Crippen LogP contribution in [-0.4, -0.2) is 89.3 Å². The van der Waals surface area contributed by atoms with Crippen molar-refractivity contribution >= 4 is 35.5 Å². The molecular formula is C23H40N6O7. The van der Waals surface area contributed by atoms with Gasteiger partial charge in [-0.25, -0.2) is 4.79 Å². The molecule has 204 valence electrons. The van der Waals surface area contributed by atoms with Crippen molar-refractivity contribution < 1.29 is 33.9 Å². The van der Waals surface area contributed by atoms with Gasteiger partial charge in [0, 0.05) is 6.54 Å². The summed E-state index contributed by atoms with van der Waals surface area (Å²) in [5, 5.41) is 19.1. The van der Waals surface area contributed by atoms with E-state index in [0.717, 1.165) is 0 Å². The Balaban J connectivity index is 2.55. The Morgan fingerprint density at radius 2 is 1.53 bits per heavy atom. The van der Waals surface area contributed by atoms with Crippen molar-refractivity contribution in [2.24, 2.45) is 17.6 Å². The molecular weight excluding hydrogens is 472 g/mol. The highest BCUT2D eigenvalue weighted by Gasteiger charge is 2.34. The zero-order chi connectivity index (χ0) is 27.6. The number of hydrogen-bond donors (Lipinski definition) is 6. The molecule has 13 heteroatoms. The van der Waals surface area contributed by atoms with Crippen LogP contribution in [0.2, 0.25) is 0 Å². The van der Waals surface area contributed by atoms with Crippen LogP contribution in [0.3, 0.4) is 0 Å². The van der Waals surface area contributed by atoms with Crippen LogP contribution in [-0.2, 0) is 28.8 Å². The van der Waals surface area contributed by atoms with Gasteiger partial charge in [-0.15, -0.1) is 0 Å². The van der Waals surface area contributed by atoms with Crippen molar-refractivity contribution in [1.82, 2.24) is 26.2 Å². The smallest absolute Gasteiger partial charge is 0.326 e. The number of hydrogen-bond acceptors (Lipinski definition) is 7. The number of carbonyl (C=O) groups excluding carboxylic acids is 5. The average molecular weight is 513 g/mol. The molecule has 0 saturated carbocycles. The summed E-state index contributed by atoms with van der Waals surface area (Å²) < 4.78 is 0. The summed E-state index contributed by atoms with van der Waals surface area (Å²) in [4.78, 5) is 74.2. The van der Waals surface area contributed by atoms with Gasteiger partial charge in [0.15, 0.2) is 0 Å². The van der Waals surface area contributed by atoms with Gasteiger partial charge in [-0.2, -0.15) is 0 Å². The van der Waals surface area contributed by atoms with E-state index in [2.05, 4.69) is 21.3 Å². The third kappa shape index (κ3) is 9.80. The highest BCUT2D eigenvalue weighted by atomic mass is 16.4. The quantitative estimate of drug-likeness (QED) is 0.168. The summed E-state index contributed by atoms with van der Waals surface area (Å²) in [6, 6.07) is -3.64. The number of nitrogens with one attached hydrogen (secondary N) is 4. The van der Waals surface area contributed by atoms with Crippen molar-refractivity contribution in [3.63, 3.8) is 0 Å². The first kappa shape index (κ1) is 30.8. The summed E-state index contributed by atoms with van der Waals surface area (Å²) in [6.45, 7) is 8.24. The van der Waals surface area contributed by atoms with E-state index in [1.165, 1.54) is 11.8 Å². The molecule has 4 unspecified atom stereocenters. The van der Waals surface area contributed by atoms with E-state index in [0.29, 0.717) is 25.8 Å². The van der Waals surface area contributed by atoms with Crippen LogP contribution in [0.25, 0.3) is 0 Å². The number of rotatable bonds is 13. The Morgan fingerprint density at radius 1 is 0.917 bits per heavy atom. The second-order valence-electron chi connectivity index (χ2n) is 9.77. The Hall–Kier alpha value is -3.22. The van der Waals surface area contributed by atoms with Crippen molar-refractivity contribution in [3.05, 3.63) is 0 Å². The van der Waals surface area contributed by atoms with E-state index in [4.69, 9.17) is 5.73 Å². The molecule has 7 N–H and O–H groups in total. The molecule has 0 aromatic rings. The van der Waals surface area contributed by atoms with Gasteiger partial charge in [0.1, 0.15) is 18.1 Å². The van der Waals surface area contributed by atoms with Gasteiger partial charge in [-0.3, -0.25) is 24.0 Å². The maximum Gasteiger partial charge on any atom is 0.326 e. The van der Waals surface area contributed by atoms with Gasteiger partial charge < -0.3 is 37.0 Å². The zero-order valence-electron chi connectivity index (χ0n) is 21.6. The van der Waals surface area contributed by atoms with Crippen LogP contribution < -0.4 is 27.0 Å². The second-order valence-corrected chi connectivity index (χ2v) is 9.77. The minimum absolute atomic E-state index is 0.216. The van der Waals surface area contributed by atoms with Gasteiger partial charge in [0.25, 0.3) is 0 Å². The number of amides is 5. The first-order valence-electron chi connectivity index (χ1n) is 12.2. The van der Waals surface area contributed by atoms with E-state index in [1.54, 1.807) is 13.8 Å². The summed E-state index contributed by atoms with van der Waals surface area (Å²) >= 11 is 0. The highest BCUT2D eigenvalue weighted by Crippen LogP contribution is 2.17. The third-order valence-electron chi connectivity index (χ3n) is 5.78. The lowest BCUT2D eigenvalue weighted by Crippen LogP contribution is -2.56. The van der Waals surface area contributed by atoms with Crippen LogP contribution in [0.5, 0.6) is 0 Å². The van der Waals surface area contributed by atoms with Gasteiger partial charge in [-0.05, 0) is 38.0 Å². The number of likely N-dealkylation sites (tertiary alicyclic amines) is 1. The number of carboxylic acid groups (broad SMARTS) is 1. The lowest BCUT2D eigenvalue weighted by molar-refractivity contribution is -0.148. The maximum atomic E-state index is 12.7. The molecule has 0 aliphatic carbocycles. The van der Waals surface area contributed by atoms with E-state index in [-0.39, 0.29) is 18.4 Å². The zero-order valence-corrected chi connectivity index (χ0v) is 21.6. The Bertz CT molecular complexity index is 832. The molecule has 1 aliphatic heterocycles. The number of carbonyl (C=O) groups is 6. The van der Waals surface area contributed by atoms with Gasteiger partial charge >= 0.3 is 5.97 Å². The van der Waals surface area contributed by atoms with Crippen molar-refractivity contribution in [2.45, 2.75) is 78.0 Å². The molecule has 0 spiro atoms. The average Bonchev–Trinajstić information content (AvgIpc) is 3.28. The molecule has 1 fully saturated rings. The minimum atomic E-state index is -1.09. The van der Waals surface area contributed by atoms with Crippen molar-refractivity contribution in [1.29, 1.82) is 0 Å². The molecule has 1 rings (SSSR count). The molecule has 4 atom stereocenters. The third-order valence-corrected chi connectivity index (χ3v) is 5.78. The summed E-state index contributed by atoms with van der Waals surface area (Å²) in [5.41, 5.74) is 5.79. The van der Waals surface area contributed by atoms with Crippen LogP contribution in [0.15, 0.2) is 0 Å². The fraction of sp³-hybridized carbons (Fsp3) is 0.739. The molecule has 1 aliphatic rings. The lowest BCUT2D eigenvalue weighted by Gasteiger charge is -2.24. The lowest BCUT2D eigenvalue weighted by atomic mass is 10.0. The van der Waals surface area contributed by atoms with Gasteiger partial charge in [-0.1, -0.05) is 27.7 Å². The predicted octanol–water partition coefficient (Wildman–Crippen LogP) is -1.69. The molecule has 1 saturated heterocycles. The standard InChI is InChI=1S/C23H40N6O7/c1-12(2)9-15(24)21(33)25-10-17(30)28-19(13(3)4)22(34)27-14(5)20(32)26-11-18(31)29-8-6-7-16(29)23(35)36/h12-16,19H,6-11,24H2,1-5H3,(H,25,33)(H,26,32)(H,27,34)(H,28,30)(H,35,36). The first-order valence-corrected chi connectivity index (χ1v) is 12.2. The number of nitrogens with two attached hydrogens (primary N) is 1. The normalized spacial score (nSPS) is 17.8. The van der Waals surface area contributed by atoms with Gasteiger partial charge in [0.05, 0.1) is 19.1 Å². The molecule has 1 heterocycles. The summed E-state index contributed by atoms with van der Waals surface area (Å²) in [5.74, 6) is -4.02. The molecule has 36 heavy (non-hydrogen) atoms. The largest absolute Gasteiger partial charge is 0.480 e. The molecule has 0 aromatic carbocycles. The summed E-state index contributed by atoms with van der Waals surface area (Å²) in [6.07, 6.45) is 1.40. The van der Waals surface area contributed by atoms with E-state index in [1.807, 2.05) is 13.8 Å². The van der Waals surface area contributed by atoms with Crippen LogP contribution in [0.1, 0.15) is 53.9 Å².